The maximum Gasteiger partial charge on any atom is 0.304 e. The van der Waals surface area contributed by atoms with Crippen LogP contribution in [0.3, 0.4) is 0 Å². The highest BCUT2D eigenvalue weighted by molar-refractivity contribution is 5.66. The Morgan fingerprint density at radius 2 is 1.90 bits per heavy atom. The van der Waals surface area contributed by atoms with Crippen molar-refractivity contribution in [2.45, 2.75) is 39.2 Å². The first-order valence-corrected chi connectivity index (χ1v) is 7.23. The zero-order valence-electron chi connectivity index (χ0n) is 12.3. The molecule has 0 atom stereocenters. The van der Waals surface area contributed by atoms with E-state index in [1.54, 1.807) is 0 Å². The molecule has 1 fully saturated rings. The average Bonchev–Trinajstić information content (AvgIpc) is 2.42. The molecule has 0 saturated carbocycles. The van der Waals surface area contributed by atoms with Gasteiger partial charge in [-0.3, -0.25) is 4.79 Å². The number of hydrogen-bond acceptors (Lipinski definition) is 3. The number of carboxylic acid groups (broad SMARTS) is 1. The second-order valence-electron chi connectivity index (χ2n) is 5.52. The molecule has 1 aromatic rings. The van der Waals surface area contributed by atoms with Crippen LogP contribution >= 0.6 is 0 Å². The summed E-state index contributed by atoms with van der Waals surface area (Å²) in [5, 5.41) is 8.70. The van der Waals surface area contributed by atoms with Gasteiger partial charge in [0.1, 0.15) is 11.9 Å². The molecule has 110 valence electrons. The van der Waals surface area contributed by atoms with Crippen LogP contribution in [0.4, 0.5) is 0 Å². The number of aryl methyl sites for hydroxylation is 2. The van der Waals surface area contributed by atoms with Crippen molar-refractivity contribution in [2.24, 2.45) is 0 Å². The van der Waals surface area contributed by atoms with Crippen molar-refractivity contribution >= 4 is 5.97 Å². The zero-order chi connectivity index (χ0) is 14.5. The monoisotopic (exact) mass is 277 g/mol. The Balaban J connectivity index is 1.84. The summed E-state index contributed by atoms with van der Waals surface area (Å²) in [6, 6.07) is 6.20. The normalized spacial score (nSPS) is 17.1. The molecular formula is C16H23NO3. The molecule has 1 aliphatic rings. The van der Waals surface area contributed by atoms with Crippen LogP contribution in [-0.4, -0.2) is 41.7 Å². The summed E-state index contributed by atoms with van der Waals surface area (Å²) in [4.78, 5) is 12.8. The van der Waals surface area contributed by atoms with Crippen LogP contribution in [0.5, 0.6) is 5.75 Å². The van der Waals surface area contributed by atoms with Gasteiger partial charge in [-0.05, 0) is 37.8 Å². The van der Waals surface area contributed by atoms with E-state index in [9.17, 15) is 4.79 Å². The Morgan fingerprint density at radius 1 is 1.30 bits per heavy atom. The summed E-state index contributed by atoms with van der Waals surface area (Å²) in [6.45, 7) is 6.63. The van der Waals surface area contributed by atoms with Gasteiger partial charge < -0.3 is 14.7 Å². The number of carboxylic acids is 1. The van der Waals surface area contributed by atoms with Crippen molar-refractivity contribution in [1.29, 1.82) is 0 Å². The van der Waals surface area contributed by atoms with Crippen LogP contribution in [0.2, 0.25) is 0 Å². The second-order valence-corrected chi connectivity index (χ2v) is 5.52. The van der Waals surface area contributed by atoms with Gasteiger partial charge in [-0.25, -0.2) is 0 Å². The molecule has 0 unspecified atom stereocenters. The summed E-state index contributed by atoms with van der Waals surface area (Å²) in [5.41, 5.74) is 2.36. The lowest BCUT2D eigenvalue weighted by atomic mass is 10.1. The Hall–Kier alpha value is -1.55. The van der Waals surface area contributed by atoms with Crippen LogP contribution < -0.4 is 4.74 Å². The molecule has 0 bridgehead atoms. The molecule has 0 spiro atoms. The molecule has 0 aromatic heterocycles. The molecule has 1 heterocycles. The standard InChI is InChI=1S/C16H23NO3/c1-12-4-3-5-13(2)16(12)20-14-6-9-17(10-7-14)11-8-15(18)19/h3-5,14H,6-11H2,1-2H3,(H,18,19). The Bertz CT molecular complexity index is 445. The first-order valence-electron chi connectivity index (χ1n) is 7.23. The van der Waals surface area contributed by atoms with E-state index < -0.39 is 5.97 Å². The lowest BCUT2D eigenvalue weighted by molar-refractivity contribution is -0.137. The number of likely N-dealkylation sites (tertiary alicyclic amines) is 1. The van der Waals surface area contributed by atoms with Crippen LogP contribution in [0.25, 0.3) is 0 Å². The van der Waals surface area contributed by atoms with E-state index in [0.29, 0.717) is 6.54 Å². The maximum atomic E-state index is 10.6. The number of carbonyl (C=O) groups is 1. The number of piperidine rings is 1. The van der Waals surface area contributed by atoms with Crippen LogP contribution in [0.1, 0.15) is 30.4 Å². The van der Waals surface area contributed by atoms with Crippen LogP contribution in [-0.2, 0) is 4.79 Å². The number of rotatable bonds is 5. The van der Waals surface area contributed by atoms with Gasteiger partial charge in [0, 0.05) is 19.6 Å². The Kier molecular flexibility index (Phi) is 5.01. The molecule has 4 nitrogen and oxygen atoms in total. The molecule has 1 N–H and O–H groups in total. The molecule has 0 aliphatic carbocycles. The third kappa shape index (κ3) is 3.97. The minimum absolute atomic E-state index is 0.225. The van der Waals surface area contributed by atoms with E-state index >= 15 is 0 Å². The van der Waals surface area contributed by atoms with E-state index in [4.69, 9.17) is 9.84 Å². The highest BCUT2D eigenvalue weighted by atomic mass is 16.5. The topological polar surface area (TPSA) is 49.8 Å². The number of hydrogen-bond donors (Lipinski definition) is 1. The number of para-hydroxylation sites is 1. The minimum Gasteiger partial charge on any atom is -0.490 e. The van der Waals surface area contributed by atoms with Crippen LogP contribution in [0.15, 0.2) is 18.2 Å². The zero-order valence-corrected chi connectivity index (χ0v) is 12.3. The first-order chi connectivity index (χ1) is 9.56. The average molecular weight is 277 g/mol. The van der Waals surface area contributed by atoms with E-state index in [1.165, 1.54) is 11.1 Å². The highest BCUT2D eigenvalue weighted by Gasteiger charge is 2.21. The summed E-state index contributed by atoms with van der Waals surface area (Å²) < 4.78 is 6.15. The van der Waals surface area contributed by atoms with E-state index in [0.717, 1.165) is 31.7 Å². The summed E-state index contributed by atoms with van der Waals surface area (Å²) in [7, 11) is 0. The maximum absolute atomic E-state index is 10.6. The summed E-state index contributed by atoms with van der Waals surface area (Å²) >= 11 is 0. The smallest absolute Gasteiger partial charge is 0.304 e. The van der Waals surface area contributed by atoms with Crippen molar-refractivity contribution < 1.29 is 14.6 Å². The number of nitrogens with zero attached hydrogens (tertiary/aromatic N) is 1. The molecule has 0 radical (unpaired) electrons. The third-order valence-electron chi connectivity index (χ3n) is 3.87. The van der Waals surface area contributed by atoms with Gasteiger partial charge >= 0.3 is 5.97 Å². The highest BCUT2D eigenvalue weighted by Crippen LogP contribution is 2.26. The lowest BCUT2D eigenvalue weighted by Gasteiger charge is -2.32. The number of aliphatic carboxylic acids is 1. The fourth-order valence-electron chi connectivity index (χ4n) is 2.66. The number of benzene rings is 1. The third-order valence-corrected chi connectivity index (χ3v) is 3.87. The fraction of sp³-hybridized carbons (Fsp3) is 0.562. The van der Waals surface area contributed by atoms with Crippen molar-refractivity contribution in [1.82, 2.24) is 4.90 Å². The summed E-state index contributed by atoms with van der Waals surface area (Å²) in [5.74, 6) is 0.287. The SMILES string of the molecule is Cc1cccc(C)c1OC1CCN(CCC(=O)O)CC1. The molecule has 0 amide bonds. The quantitative estimate of drug-likeness (QED) is 0.899. The molecule has 1 aliphatic heterocycles. The van der Waals surface area contributed by atoms with Gasteiger partial charge in [-0.2, -0.15) is 0 Å². The van der Waals surface area contributed by atoms with Gasteiger partial charge in [0.2, 0.25) is 0 Å². The molecular weight excluding hydrogens is 254 g/mol. The molecule has 20 heavy (non-hydrogen) atoms. The molecule has 1 saturated heterocycles. The van der Waals surface area contributed by atoms with E-state index in [-0.39, 0.29) is 12.5 Å². The molecule has 1 aromatic carbocycles. The second kappa shape index (κ2) is 6.75. The van der Waals surface area contributed by atoms with Gasteiger partial charge in [-0.15, -0.1) is 0 Å². The fourth-order valence-corrected chi connectivity index (χ4v) is 2.66. The Labute approximate surface area is 120 Å². The number of ether oxygens (including phenoxy) is 1. The Morgan fingerprint density at radius 3 is 2.45 bits per heavy atom. The largest absolute Gasteiger partial charge is 0.490 e. The van der Waals surface area contributed by atoms with Gasteiger partial charge in [0.05, 0.1) is 6.42 Å². The molecule has 2 rings (SSSR count). The molecule has 4 heteroatoms. The van der Waals surface area contributed by atoms with Gasteiger partial charge in [0.25, 0.3) is 0 Å². The van der Waals surface area contributed by atoms with Gasteiger partial charge in [0.15, 0.2) is 0 Å². The van der Waals surface area contributed by atoms with Crippen molar-refractivity contribution in [3.05, 3.63) is 29.3 Å². The first kappa shape index (κ1) is 14.9. The predicted octanol–water partition coefficient (Wildman–Crippen LogP) is 2.62. The minimum atomic E-state index is -0.723. The predicted molar refractivity (Wildman–Crippen MR) is 78.3 cm³/mol. The van der Waals surface area contributed by atoms with E-state index in [2.05, 4.69) is 30.9 Å². The van der Waals surface area contributed by atoms with Crippen molar-refractivity contribution in [3.63, 3.8) is 0 Å². The van der Waals surface area contributed by atoms with Crippen molar-refractivity contribution in [3.8, 4) is 5.75 Å². The van der Waals surface area contributed by atoms with Crippen molar-refractivity contribution in [2.75, 3.05) is 19.6 Å². The van der Waals surface area contributed by atoms with E-state index in [1.807, 2.05) is 6.07 Å². The van der Waals surface area contributed by atoms with Gasteiger partial charge in [-0.1, -0.05) is 18.2 Å². The lowest BCUT2D eigenvalue weighted by Crippen LogP contribution is -2.39. The summed E-state index contributed by atoms with van der Waals surface area (Å²) in [6.07, 6.45) is 2.40. The van der Waals surface area contributed by atoms with Crippen LogP contribution in [0, 0.1) is 13.8 Å².